The van der Waals surface area contributed by atoms with Gasteiger partial charge >= 0.3 is 18.1 Å². The molecule has 21 nitrogen and oxygen atoms in total. The summed E-state index contributed by atoms with van der Waals surface area (Å²) in [5, 5.41) is 78.3. The lowest BCUT2D eigenvalue weighted by Crippen LogP contribution is -2.44. The Hall–Kier alpha value is -6.69. The highest BCUT2D eigenvalue weighted by Crippen LogP contribution is 2.42. The summed E-state index contributed by atoms with van der Waals surface area (Å²) >= 11 is 42.1. The number of nitrogens with one attached hydrogen (secondary N) is 4. The molecule has 0 saturated carbocycles. The number of aromatic nitrogens is 2. The second-order valence-electron chi connectivity index (χ2n) is 31.1. The molecule has 0 atom stereocenters. The van der Waals surface area contributed by atoms with Gasteiger partial charge in [-0.1, -0.05) is 91.7 Å². The predicted molar refractivity (Wildman–Crippen MR) is 506 cm³/mol. The Balaban J connectivity index is 0.000000184. The Morgan fingerprint density at radius 1 is 0.475 bits per heavy atom. The molecule has 4 aromatic carbocycles. The number of halogens is 7. The minimum atomic E-state index is -1.01. The number of nitrogens with two attached hydrogens (primary N) is 1. The van der Waals surface area contributed by atoms with E-state index in [4.69, 9.17) is 75.3 Å². The highest BCUT2D eigenvalue weighted by molar-refractivity contribution is 9.11. The van der Waals surface area contributed by atoms with Crippen molar-refractivity contribution in [1.82, 2.24) is 30.0 Å². The van der Waals surface area contributed by atoms with Crippen LogP contribution in [0.4, 0.5) is 37.1 Å². The average Bonchev–Trinajstić information content (AvgIpc) is 1.68. The SMILES string of the molecule is CC(C)(CO)c1cc(-c2csc(-c3ccc(NC(=O)N4CCC(O)CC4)cc3Cl)c2)ccn1.CC(C)(O)C(C)(C)O.Nc1ccc(-c2cc(Br)cs2)c(Cl)c1.O=C(Nc1ccc(-c2cc(Br)cs2)c(Cl)c1)N1CCC(O)CC1.O=C1CCN(C(=O)Nc2ccc(-c3cc(Br)cs3)c(Cl)c2)CC1.O=C1CCNCC1.[B]c1ccnc(C(C)(C)CO)c1. The Kier molecular flexibility index (Phi) is 38.1. The van der Waals surface area contributed by atoms with Crippen LogP contribution < -0.4 is 32.5 Å². The number of thiophene rings is 4. The van der Waals surface area contributed by atoms with Crippen LogP contribution in [-0.2, 0) is 20.4 Å². The number of benzene rings is 4. The number of likely N-dealkylation sites (tertiary alicyclic amines) is 3. The van der Waals surface area contributed by atoms with Gasteiger partial charge in [0.25, 0.3) is 0 Å². The van der Waals surface area contributed by atoms with Crippen molar-refractivity contribution in [2.24, 2.45) is 0 Å². The minimum Gasteiger partial charge on any atom is -0.399 e. The van der Waals surface area contributed by atoms with Crippen molar-refractivity contribution in [3.8, 4) is 52.9 Å². The summed E-state index contributed by atoms with van der Waals surface area (Å²) in [5.74, 6) is 0.613. The molecule has 4 saturated heterocycles. The molecule has 4 aliphatic rings. The van der Waals surface area contributed by atoms with Gasteiger partial charge in [-0.2, -0.15) is 0 Å². The van der Waals surface area contributed by atoms with Crippen LogP contribution in [0, 0.1) is 0 Å². The largest absolute Gasteiger partial charge is 0.399 e. The lowest BCUT2D eigenvalue weighted by Gasteiger charge is -2.31. The van der Waals surface area contributed by atoms with Crippen molar-refractivity contribution >= 4 is 205 Å². The van der Waals surface area contributed by atoms with Crippen LogP contribution >= 0.6 is 140 Å². The van der Waals surface area contributed by atoms with Gasteiger partial charge in [0, 0.05) is 207 Å². The van der Waals surface area contributed by atoms with Gasteiger partial charge in [0.15, 0.2) is 0 Å². The minimum absolute atomic E-state index is 0.0244. The number of carbonyl (C=O) groups excluding carboxylic acids is 5. The number of amides is 6. The summed E-state index contributed by atoms with van der Waals surface area (Å²) < 4.78 is 3.12. The number of pyridine rings is 2. The molecule has 6 aromatic heterocycles. The van der Waals surface area contributed by atoms with Gasteiger partial charge in [0.2, 0.25) is 0 Å². The number of carbonyl (C=O) groups is 5. The van der Waals surface area contributed by atoms with Gasteiger partial charge in [-0.3, -0.25) is 19.6 Å². The van der Waals surface area contributed by atoms with Crippen molar-refractivity contribution in [2.45, 2.75) is 141 Å². The molecule has 0 unspecified atom stereocenters. The lowest BCUT2D eigenvalue weighted by molar-refractivity contribution is -0.121. The first-order valence-electron chi connectivity index (χ1n) is 38.6. The van der Waals surface area contributed by atoms with Gasteiger partial charge in [0.05, 0.1) is 56.7 Å². The summed E-state index contributed by atoms with van der Waals surface area (Å²) in [6.45, 7) is 19.1. The lowest BCUT2D eigenvalue weighted by atomic mass is 9.86. The van der Waals surface area contributed by atoms with Crippen LogP contribution in [0.5, 0.6) is 0 Å². The summed E-state index contributed by atoms with van der Waals surface area (Å²) in [4.78, 5) is 76.5. The molecule has 10 aromatic rings. The van der Waals surface area contributed by atoms with Crippen molar-refractivity contribution in [2.75, 3.05) is 87.3 Å². The van der Waals surface area contributed by atoms with E-state index in [0.29, 0.717) is 132 Å². The van der Waals surface area contributed by atoms with Crippen LogP contribution in [0.25, 0.3) is 52.9 Å². The van der Waals surface area contributed by atoms with E-state index < -0.39 is 16.6 Å². The first-order chi connectivity index (χ1) is 56.7. The van der Waals surface area contributed by atoms with Crippen LogP contribution in [0.15, 0.2) is 169 Å². The molecule has 640 valence electrons. The highest BCUT2D eigenvalue weighted by Gasteiger charge is 2.32. The zero-order chi connectivity index (χ0) is 87.8. The number of aliphatic hydroxyl groups excluding tert-OH is 4. The molecule has 6 amide bonds. The molecule has 0 bridgehead atoms. The third kappa shape index (κ3) is 30.6. The number of nitrogen functional groups attached to an aromatic ring is 1. The molecule has 0 spiro atoms. The van der Waals surface area contributed by atoms with Crippen LogP contribution in [0.3, 0.4) is 0 Å². The van der Waals surface area contributed by atoms with E-state index in [1.165, 1.54) is 0 Å². The van der Waals surface area contributed by atoms with Crippen LogP contribution in [0.1, 0.15) is 118 Å². The first-order valence-corrected chi connectivity index (χ1v) is 46.0. The van der Waals surface area contributed by atoms with E-state index in [-0.39, 0.29) is 54.7 Å². The van der Waals surface area contributed by atoms with Crippen molar-refractivity contribution in [1.29, 1.82) is 0 Å². The van der Waals surface area contributed by atoms with Gasteiger partial charge in [-0.25, -0.2) is 14.4 Å². The zero-order valence-corrected chi connectivity index (χ0v) is 78.8. The fourth-order valence-corrected chi connectivity index (χ4v) is 18.2. The number of Topliss-reactive ketones (excluding diaryl/α,β-unsaturated/α-hetero) is 2. The maximum Gasteiger partial charge on any atom is 0.321 e. The van der Waals surface area contributed by atoms with Crippen molar-refractivity contribution in [3.05, 3.63) is 200 Å². The van der Waals surface area contributed by atoms with Crippen LogP contribution in [0.2, 0.25) is 20.1 Å². The highest BCUT2D eigenvalue weighted by atomic mass is 79.9. The summed E-state index contributed by atoms with van der Waals surface area (Å²) in [6.07, 6.45) is 7.60. The Morgan fingerprint density at radius 2 is 0.817 bits per heavy atom. The molecule has 4 aliphatic heterocycles. The normalized spacial score (nSPS) is 14.6. The molecule has 12 N–H and O–H groups in total. The first kappa shape index (κ1) is 98.7. The zero-order valence-electron chi connectivity index (χ0n) is 67.8. The number of hydrogen-bond donors (Lipinski definition) is 11. The molecule has 10 heterocycles. The summed E-state index contributed by atoms with van der Waals surface area (Å²) in [7, 11) is 5.59. The Bertz CT molecular complexity index is 5050. The maximum absolute atomic E-state index is 12.5. The standard InChI is InChI=1S/C25H28ClN3O3S.C16H16BrClN2O2S.C16H14BrClN2O2S.C10H7BrClNS.C9H12BNO.C6H14O2.C5H9NO/c1-25(2,15-30)23-12-16(5-8-27-23)17-11-22(33-14-17)20-4-3-18(13-21(20)26)28-24(32)29-9-6-19(31)7-10-29;2*17-10-7-15(23-9-10)13-2-1-11(8-14(13)18)19-16(22)20-5-3-12(21)4-6-20;11-6-3-10(14-5-6)8-2-1-7(13)4-9(8)12;1-9(2,6-12)8-5-7(10)3-4-11-8;1-5(2,7)6(3,4)8;7-5-1-3-6-4-2-5/h3-5,8,11-14,19,30-31H,6-7,9-10,15H2,1-2H3,(H,28,32);1-2,7-9,12,21H,3-6H2,(H,19,22);1-2,7-9H,3-6H2,(H,19,22);1-5H,13H2;3-5,12H,6H2,1-2H3;7-8H,1-4H3;6H,1-4H2. The van der Waals surface area contributed by atoms with Crippen LogP contribution in [-0.4, -0.2) is 182 Å². The maximum atomic E-state index is 12.5. The number of rotatable bonds is 13. The molecular formula is C87H100BBr3Cl4N10O11S4. The number of piperidine rings is 4. The molecule has 33 heteroatoms. The van der Waals surface area contributed by atoms with E-state index >= 15 is 0 Å². The third-order valence-corrected chi connectivity index (χ3v) is 27.2. The topological polar surface area (TPSA) is 316 Å². The van der Waals surface area contributed by atoms with Gasteiger partial charge in [0.1, 0.15) is 19.4 Å². The Morgan fingerprint density at radius 3 is 1.15 bits per heavy atom. The second kappa shape index (κ2) is 46.3. The molecule has 2 radical (unpaired) electrons. The van der Waals surface area contributed by atoms with Gasteiger partial charge in [-0.15, -0.1) is 45.3 Å². The second-order valence-corrected chi connectivity index (χ2v) is 39.1. The molecule has 4 fully saturated rings. The fourth-order valence-electron chi connectivity index (χ4n) is 11.5. The van der Waals surface area contributed by atoms with E-state index in [1.54, 1.807) is 137 Å². The third-order valence-electron chi connectivity index (χ3n) is 19.8. The number of urea groups is 3. The quantitative estimate of drug-likeness (QED) is 0.0378. The number of ketones is 2. The molecule has 120 heavy (non-hydrogen) atoms. The predicted octanol–water partition coefficient (Wildman–Crippen LogP) is 20.3. The molecule has 0 aliphatic carbocycles. The number of hydrogen-bond acceptors (Lipinski definition) is 19. The summed E-state index contributed by atoms with van der Waals surface area (Å²) in [6, 6.07) is 37.2. The van der Waals surface area contributed by atoms with E-state index in [9.17, 15) is 39.3 Å². The number of aliphatic hydroxyl groups is 6. The van der Waals surface area contributed by atoms with E-state index in [0.717, 1.165) is 104 Å². The summed E-state index contributed by atoms with van der Waals surface area (Å²) in [5.41, 5.74) is 13.8. The molecule has 14 rings (SSSR count). The average molecular weight is 1980 g/mol. The smallest absolute Gasteiger partial charge is 0.321 e. The monoisotopic (exact) mass is 1980 g/mol. The van der Waals surface area contributed by atoms with E-state index in [1.807, 2.05) is 123 Å². The number of anilines is 4. The van der Waals surface area contributed by atoms with Gasteiger partial charge < -0.3 is 72.3 Å². The van der Waals surface area contributed by atoms with E-state index in [2.05, 4.69) is 90.5 Å². The van der Waals surface area contributed by atoms with Gasteiger partial charge in [-0.05, 0) is 227 Å². The number of nitrogens with zero attached hydrogens (tertiary/aromatic N) is 5. The van der Waals surface area contributed by atoms with Crippen molar-refractivity contribution in [3.63, 3.8) is 0 Å². The Labute approximate surface area is 764 Å². The fraction of sp³-hybridized carbons (Fsp3) is 0.368. The molecular weight excluding hydrogens is 1880 g/mol. The van der Waals surface area contributed by atoms with Crippen molar-refractivity contribution < 1.29 is 54.6 Å².